The minimum atomic E-state index is -0.733. The van der Waals surface area contributed by atoms with Crippen LogP contribution >= 0.6 is 0 Å². The molecule has 27 heavy (non-hydrogen) atoms. The van der Waals surface area contributed by atoms with Crippen LogP contribution in [-0.2, 0) is 11.3 Å². The summed E-state index contributed by atoms with van der Waals surface area (Å²) in [6.07, 6.45) is 3.50. The fourth-order valence-corrected chi connectivity index (χ4v) is 5.28. The van der Waals surface area contributed by atoms with Gasteiger partial charge in [0.25, 0.3) is 0 Å². The molecule has 2 heterocycles. The minimum Gasteiger partial charge on any atom is -0.481 e. The molecular weight excluding hydrogens is 342 g/mol. The van der Waals surface area contributed by atoms with Gasteiger partial charge in [0.05, 0.1) is 5.41 Å². The number of hydrogen-bond donors (Lipinski definition) is 2. The summed E-state index contributed by atoms with van der Waals surface area (Å²) in [4.78, 5) is 28.8. The van der Waals surface area contributed by atoms with Crippen molar-refractivity contribution in [2.75, 3.05) is 19.6 Å². The van der Waals surface area contributed by atoms with Crippen molar-refractivity contribution in [1.29, 1.82) is 0 Å². The van der Waals surface area contributed by atoms with Crippen molar-refractivity contribution in [3.8, 4) is 0 Å². The molecule has 2 saturated heterocycles. The van der Waals surface area contributed by atoms with Crippen molar-refractivity contribution in [3.63, 3.8) is 0 Å². The molecular formula is C21H29N3O3. The first-order chi connectivity index (χ1) is 13.0. The molecule has 1 aromatic carbocycles. The van der Waals surface area contributed by atoms with Gasteiger partial charge in [0, 0.05) is 38.3 Å². The molecule has 0 bridgehead atoms. The number of nitrogens with zero attached hydrogens (tertiary/aromatic N) is 2. The van der Waals surface area contributed by atoms with E-state index in [0.29, 0.717) is 19.5 Å². The van der Waals surface area contributed by atoms with Crippen LogP contribution in [0.3, 0.4) is 0 Å². The van der Waals surface area contributed by atoms with Crippen LogP contribution in [0.5, 0.6) is 0 Å². The molecule has 6 heteroatoms. The van der Waals surface area contributed by atoms with Gasteiger partial charge in [-0.3, -0.25) is 9.69 Å². The number of carboxylic acids is 1. The second-order valence-electron chi connectivity index (χ2n) is 8.47. The molecule has 2 unspecified atom stereocenters. The molecule has 1 saturated carbocycles. The van der Waals surface area contributed by atoms with Crippen LogP contribution in [0.15, 0.2) is 30.3 Å². The van der Waals surface area contributed by atoms with Crippen molar-refractivity contribution in [2.24, 2.45) is 11.3 Å². The van der Waals surface area contributed by atoms with E-state index >= 15 is 0 Å². The number of aliphatic carboxylic acids is 1. The van der Waals surface area contributed by atoms with E-state index in [1.54, 1.807) is 4.90 Å². The van der Waals surface area contributed by atoms with Crippen LogP contribution in [0, 0.1) is 11.3 Å². The Bertz CT molecular complexity index is 710. The van der Waals surface area contributed by atoms with Gasteiger partial charge in [0.1, 0.15) is 0 Å². The summed E-state index contributed by atoms with van der Waals surface area (Å²) in [6.45, 7) is 4.95. The first kappa shape index (κ1) is 18.3. The second kappa shape index (κ2) is 7.15. The van der Waals surface area contributed by atoms with Gasteiger partial charge in [-0.1, -0.05) is 36.8 Å². The molecule has 3 aliphatic rings. The van der Waals surface area contributed by atoms with Gasteiger partial charge in [0.2, 0.25) is 0 Å². The maximum atomic E-state index is 12.8. The Morgan fingerprint density at radius 3 is 2.74 bits per heavy atom. The molecule has 4 rings (SSSR count). The molecule has 4 atom stereocenters. The molecule has 2 N–H and O–H groups in total. The predicted molar refractivity (Wildman–Crippen MR) is 102 cm³/mol. The first-order valence-corrected chi connectivity index (χ1v) is 10.1. The number of hydrogen-bond acceptors (Lipinski definition) is 3. The lowest BCUT2D eigenvalue weighted by molar-refractivity contribution is -0.149. The number of nitrogens with one attached hydrogen (secondary N) is 1. The van der Waals surface area contributed by atoms with E-state index in [1.165, 1.54) is 5.56 Å². The van der Waals surface area contributed by atoms with Gasteiger partial charge in [-0.15, -0.1) is 0 Å². The van der Waals surface area contributed by atoms with E-state index in [2.05, 4.69) is 41.4 Å². The van der Waals surface area contributed by atoms with Gasteiger partial charge in [0.15, 0.2) is 0 Å². The van der Waals surface area contributed by atoms with Crippen LogP contribution in [-0.4, -0.2) is 58.6 Å². The minimum absolute atomic E-state index is 0.0940. The third kappa shape index (κ3) is 3.31. The summed E-state index contributed by atoms with van der Waals surface area (Å²) < 4.78 is 0. The summed E-state index contributed by atoms with van der Waals surface area (Å²) >= 11 is 0. The van der Waals surface area contributed by atoms with E-state index in [1.807, 2.05) is 6.07 Å². The number of benzene rings is 1. The lowest BCUT2D eigenvalue weighted by Crippen LogP contribution is -2.49. The van der Waals surface area contributed by atoms with Crippen LogP contribution in [0.1, 0.15) is 38.2 Å². The summed E-state index contributed by atoms with van der Waals surface area (Å²) in [5.74, 6) is -0.625. The van der Waals surface area contributed by atoms with Crippen molar-refractivity contribution in [2.45, 2.75) is 51.2 Å². The van der Waals surface area contributed by atoms with Crippen LogP contribution in [0.2, 0.25) is 0 Å². The predicted octanol–water partition coefficient (Wildman–Crippen LogP) is 2.55. The highest BCUT2D eigenvalue weighted by Gasteiger charge is 2.56. The number of carboxylic acid groups (broad SMARTS) is 1. The molecule has 0 spiro atoms. The Morgan fingerprint density at radius 2 is 2.04 bits per heavy atom. The highest BCUT2D eigenvalue weighted by atomic mass is 16.4. The molecule has 1 aliphatic carbocycles. The van der Waals surface area contributed by atoms with Crippen molar-refractivity contribution >= 4 is 12.0 Å². The Kier molecular flexibility index (Phi) is 4.84. The van der Waals surface area contributed by atoms with E-state index in [9.17, 15) is 14.7 Å². The van der Waals surface area contributed by atoms with E-state index in [-0.39, 0.29) is 24.0 Å². The topological polar surface area (TPSA) is 72.9 Å². The third-order valence-corrected chi connectivity index (χ3v) is 7.01. The Balaban J connectivity index is 1.35. The molecule has 1 aromatic rings. The summed E-state index contributed by atoms with van der Waals surface area (Å²) in [5, 5.41) is 12.9. The quantitative estimate of drug-likeness (QED) is 0.853. The summed E-state index contributed by atoms with van der Waals surface area (Å²) in [5.41, 5.74) is 0.574. The number of urea groups is 1. The van der Waals surface area contributed by atoms with Crippen molar-refractivity contribution < 1.29 is 14.7 Å². The second-order valence-corrected chi connectivity index (χ2v) is 8.47. The Hall–Kier alpha value is -2.08. The van der Waals surface area contributed by atoms with Crippen LogP contribution < -0.4 is 5.32 Å². The highest BCUT2D eigenvalue weighted by molar-refractivity contribution is 5.80. The average molecular weight is 371 g/mol. The number of fused-ring (bicyclic) bond motifs is 1. The van der Waals surface area contributed by atoms with Gasteiger partial charge in [-0.2, -0.15) is 0 Å². The fourth-order valence-electron chi connectivity index (χ4n) is 5.28. The molecule has 6 nitrogen and oxygen atoms in total. The maximum Gasteiger partial charge on any atom is 0.317 e. The Labute approximate surface area is 160 Å². The number of carbonyl (C=O) groups is 2. The van der Waals surface area contributed by atoms with Gasteiger partial charge in [-0.25, -0.2) is 4.79 Å². The smallest absolute Gasteiger partial charge is 0.317 e. The largest absolute Gasteiger partial charge is 0.481 e. The first-order valence-electron chi connectivity index (χ1n) is 10.1. The number of carbonyl (C=O) groups excluding carboxylic acids is 1. The van der Waals surface area contributed by atoms with Crippen molar-refractivity contribution in [1.82, 2.24) is 15.1 Å². The SMILES string of the molecule is CC1C(NC(=O)N2C[C@@H]3CCC[C@@]3(C(=O)O)C2)CCN1Cc1ccccc1. The average Bonchev–Trinajstić information content (AvgIpc) is 3.31. The molecule has 146 valence electrons. The van der Waals surface area contributed by atoms with Gasteiger partial charge in [-0.05, 0) is 37.7 Å². The lowest BCUT2D eigenvalue weighted by Gasteiger charge is -2.28. The summed E-state index contributed by atoms with van der Waals surface area (Å²) in [7, 11) is 0. The lowest BCUT2D eigenvalue weighted by atomic mass is 9.81. The van der Waals surface area contributed by atoms with Crippen LogP contribution in [0.25, 0.3) is 0 Å². The van der Waals surface area contributed by atoms with Crippen molar-refractivity contribution in [3.05, 3.63) is 35.9 Å². The molecule has 2 aliphatic heterocycles. The van der Waals surface area contributed by atoms with Gasteiger partial charge >= 0.3 is 12.0 Å². The number of rotatable bonds is 4. The molecule has 3 fully saturated rings. The zero-order valence-corrected chi connectivity index (χ0v) is 15.9. The zero-order valence-electron chi connectivity index (χ0n) is 15.9. The summed E-state index contributed by atoms with van der Waals surface area (Å²) in [6, 6.07) is 10.7. The van der Waals surface area contributed by atoms with E-state index < -0.39 is 11.4 Å². The van der Waals surface area contributed by atoms with E-state index in [0.717, 1.165) is 32.4 Å². The number of likely N-dealkylation sites (tertiary alicyclic amines) is 2. The Morgan fingerprint density at radius 1 is 1.26 bits per heavy atom. The maximum absolute atomic E-state index is 12.8. The standard InChI is InChI=1S/C21H29N3O3/c1-15-18(9-11-23(15)12-16-6-3-2-4-7-16)22-20(27)24-13-17-8-5-10-21(17,14-24)19(25)26/h2-4,6-7,15,17-18H,5,8-14H2,1H3,(H,22,27)(H,25,26)/t15?,17-,18?,21+/m0/s1. The monoisotopic (exact) mass is 371 g/mol. The normalized spacial score (nSPS) is 33.2. The zero-order chi connectivity index (χ0) is 19.0. The molecule has 0 radical (unpaired) electrons. The number of amides is 2. The molecule has 2 amide bonds. The third-order valence-electron chi connectivity index (χ3n) is 7.01. The van der Waals surface area contributed by atoms with E-state index in [4.69, 9.17) is 0 Å². The highest BCUT2D eigenvalue weighted by Crippen LogP contribution is 2.48. The fraction of sp³-hybridized carbons (Fsp3) is 0.619. The molecule has 0 aromatic heterocycles. The van der Waals surface area contributed by atoms with Gasteiger partial charge < -0.3 is 15.3 Å². The van der Waals surface area contributed by atoms with Crippen LogP contribution in [0.4, 0.5) is 4.79 Å².